The number of Topliss-reactive ketones (excluding diaryl/α,β-unsaturated/α-hetero) is 1. The van der Waals surface area contributed by atoms with Gasteiger partial charge in [0.05, 0.1) is 5.75 Å². The first-order chi connectivity index (χ1) is 9.74. The van der Waals surface area contributed by atoms with E-state index in [1.165, 1.54) is 11.8 Å². The predicted molar refractivity (Wildman–Crippen MR) is 80.1 cm³/mol. The number of nitrogens with one attached hydrogen (secondary N) is 1. The Morgan fingerprint density at radius 1 is 1.30 bits per heavy atom. The van der Waals surface area contributed by atoms with Gasteiger partial charge < -0.3 is 4.98 Å². The fourth-order valence-corrected chi connectivity index (χ4v) is 2.77. The number of carbonyl (C=O) groups is 1. The van der Waals surface area contributed by atoms with Crippen molar-refractivity contribution in [2.45, 2.75) is 12.1 Å². The van der Waals surface area contributed by atoms with E-state index in [0.29, 0.717) is 10.9 Å². The number of aryl methyl sites for hydroxylation is 1. The number of benzene rings is 1. The summed E-state index contributed by atoms with van der Waals surface area (Å²) in [6, 6.07) is 9.63. The van der Waals surface area contributed by atoms with Crippen LogP contribution in [-0.2, 0) is 0 Å². The molecule has 4 nitrogen and oxygen atoms in total. The number of fused-ring (bicyclic) bond motifs is 1. The molecule has 3 aromatic rings. The summed E-state index contributed by atoms with van der Waals surface area (Å²) in [4.78, 5) is 23.8. The maximum absolute atomic E-state index is 12.3. The van der Waals surface area contributed by atoms with Gasteiger partial charge >= 0.3 is 0 Å². The molecule has 1 aromatic carbocycles. The van der Waals surface area contributed by atoms with Crippen LogP contribution in [-0.4, -0.2) is 26.5 Å². The summed E-state index contributed by atoms with van der Waals surface area (Å²) in [7, 11) is 0. The zero-order chi connectivity index (χ0) is 13.9. The fourth-order valence-electron chi connectivity index (χ4n) is 2.01. The van der Waals surface area contributed by atoms with E-state index in [9.17, 15) is 4.79 Å². The van der Waals surface area contributed by atoms with E-state index in [1.807, 2.05) is 37.3 Å². The van der Waals surface area contributed by atoms with Crippen molar-refractivity contribution in [3.8, 4) is 0 Å². The van der Waals surface area contributed by atoms with Crippen molar-refractivity contribution in [2.75, 3.05) is 5.75 Å². The van der Waals surface area contributed by atoms with Crippen LogP contribution in [0.25, 0.3) is 10.9 Å². The molecule has 0 radical (unpaired) electrons. The number of H-pyrrole nitrogens is 1. The van der Waals surface area contributed by atoms with E-state index in [4.69, 9.17) is 0 Å². The van der Waals surface area contributed by atoms with Crippen LogP contribution < -0.4 is 0 Å². The summed E-state index contributed by atoms with van der Waals surface area (Å²) in [6.07, 6.45) is 3.48. The average Bonchev–Trinajstić information content (AvgIpc) is 2.89. The van der Waals surface area contributed by atoms with Gasteiger partial charge in [-0.1, -0.05) is 30.0 Å². The highest BCUT2D eigenvalue weighted by atomic mass is 32.2. The number of hydrogen-bond donors (Lipinski definition) is 1. The second kappa shape index (κ2) is 5.46. The molecule has 3 rings (SSSR count). The third-order valence-electron chi connectivity index (χ3n) is 2.99. The first-order valence-corrected chi connectivity index (χ1v) is 7.24. The first kappa shape index (κ1) is 12.9. The molecule has 20 heavy (non-hydrogen) atoms. The number of thioether (sulfide) groups is 1. The molecule has 0 spiro atoms. The highest BCUT2D eigenvalue weighted by molar-refractivity contribution is 7.99. The largest absolute Gasteiger partial charge is 0.360 e. The van der Waals surface area contributed by atoms with Gasteiger partial charge in [0.2, 0.25) is 0 Å². The Hall–Kier alpha value is -2.14. The lowest BCUT2D eigenvalue weighted by atomic mass is 10.1. The van der Waals surface area contributed by atoms with Crippen LogP contribution in [0.2, 0.25) is 0 Å². The topological polar surface area (TPSA) is 58.6 Å². The lowest BCUT2D eigenvalue weighted by molar-refractivity contribution is 0.102. The Balaban J connectivity index is 1.76. The molecule has 0 saturated carbocycles. The van der Waals surface area contributed by atoms with Crippen LogP contribution in [0, 0.1) is 6.92 Å². The molecule has 1 N–H and O–H groups in total. The van der Waals surface area contributed by atoms with Crippen molar-refractivity contribution in [1.82, 2.24) is 15.0 Å². The Labute approximate surface area is 120 Å². The molecule has 0 aliphatic heterocycles. The summed E-state index contributed by atoms with van der Waals surface area (Å²) < 4.78 is 0. The van der Waals surface area contributed by atoms with Crippen molar-refractivity contribution in [3.63, 3.8) is 0 Å². The predicted octanol–water partition coefficient (Wildman–Crippen LogP) is 3.24. The van der Waals surface area contributed by atoms with Gasteiger partial charge in [0.15, 0.2) is 10.9 Å². The van der Waals surface area contributed by atoms with E-state index >= 15 is 0 Å². The Morgan fingerprint density at radius 3 is 3.00 bits per heavy atom. The molecule has 0 aliphatic rings. The zero-order valence-electron chi connectivity index (χ0n) is 11.0. The molecule has 2 heterocycles. The second-order valence-corrected chi connectivity index (χ2v) is 5.38. The monoisotopic (exact) mass is 283 g/mol. The third kappa shape index (κ3) is 2.58. The first-order valence-electron chi connectivity index (χ1n) is 6.26. The van der Waals surface area contributed by atoms with Gasteiger partial charge in [-0.05, 0) is 19.1 Å². The lowest BCUT2D eigenvalue weighted by Gasteiger charge is -2.00. The molecule has 0 aliphatic carbocycles. The van der Waals surface area contributed by atoms with Gasteiger partial charge in [0.25, 0.3) is 0 Å². The molecule has 100 valence electrons. The van der Waals surface area contributed by atoms with Crippen LogP contribution in [0.4, 0.5) is 0 Å². The maximum atomic E-state index is 12.3. The molecule has 0 unspecified atom stereocenters. The second-order valence-electron chi connectivity index (χ2n) is 4.44. The molecule has 0 atom stereocenters. The van der Waals surface area contributed by atoms with Crippen LogP contribution >= 0.6 is 11.8 Å². The summed E-state index contributed by atoms with van der Waals surface area (Å²) in [5.74, 6) is 0.420. The quantitative estimate of drug-likeness (QED) is 0.453. The molecule has 0 amide bonds. The minimum atomic E-state index is 0.0811. The van der Waals surface area contributed by atoms with Gasteiger partial charge in [-0.15, -0.1) is 0 Å². The smallest absolute Gasteiger partial charge is 0.188 e. The van der Waals surface area contributed by atoms with E-state index < -0.39 is 0 Å². The number of para-hydroxylation sites is 1. The summed E-state index contributed by atoms with van der Waals surface area (Å²) in [5.41, 5.74) is 2.61. The number of rotatable bonds is 4. The lowest BCUT2D eigenvalue weighted by Crippen LogP contribution is -2.02. The normalized spacial score (nSPS) is 10.8. The number of aromatic amines is 1. The van der Waals surface area contributed by atoms with Gasteiger partial charge in [0.1, 0.15) is 0 Å². The van der Waals surface area contributed by atoms with Crippen LogP contribution in [0.15, 0.2) is 47.9 Å². The van der Waals surface area contributed by atoms with Crippen molar-refractivity contribution in [1.29, 1.82) is 0 Å². The Morgan fingerprint density at radius 2 is 2.15 bits per heavy atom. The molecule has 2 aromatic heterocycles. The van der Waals surface area contributed by atoms with E-state index in [2.05, 4.69) is 15.0 Å². The Kier molecular flexibility index (Phi) is 3.52. The molecule has 0 bridgehead atoms. The fraction of sp³-hybridized carbons (Fsp3) is 0.133. The highest BCUT2D eigenvalue weighted by Crippen LogP contribution is 2.21. The van der Waals surface area contributed by atoms with E-state index in [-0.39, 0.29) is 5.78 Å². The highest BCUT2D eigenvalue weighted by Gasteiger charge is 2.12. The van der Waals surface area contributed by atoms with Crippen LogP contribution in [0.1, 0.15) is 16.1 Å². The minimum absolute atomic E-state index is 0.0811. The van der Waals surface area contributed by atoms with Crippen molar-refractivity contribution in [3.05, 3.63) is 54.0 Å². The van der Waals surface area contributed by atoms with Gasteiger partial charge in [-0.25, -0.2) is 9.97 Å². The van der Waals surface area contributed by atoms with Gasteiger partial charge in [-0.3, -0.25) is 4.79 Å². The molecular formula is C15H13N3OS. The number of hydrogen-bond acceptors (Lipinski definition) is 4. The zero-order valence-corrected chi connectivity index (χ0v) is 11.8. The van der Waals surface area contributed by atoms with E-state index in [1.54, 1.807) is 12.4 Å². The summed E-state index contributed by atoms with van der Waals surface area (Å²) in [5, 5.41) is 1.60. The van der Waals surface area contributed by atoms with Crippen molar-refractivity contribution in [2.24, 2.45) is 0 Å². The number of ketones is 1. The van der Waals surface area contributed by atoms with Crippen LogP contribution in [0.3, 0.4) is 0 Å². The van der Waals surface area contributed by atoms with Crippen molar-refractivity contribution >= 4 is 28.4 Å². The molecule has 0 saturated heterocycles. The molecule has 5 heteroatoms. The van der Waals surface area contributed by atoms with Crippen molar-refractivity contribution < 1.29 is 4.79 Å². The van der Waals surface area contributed by atoms with E-state index in [0.717, 1.165) is 22.2 Å². The standard InChI is InChI=1S/C15H13N3OS/c1-10-6-7-16-15(18-10)20-9-14(19)12-8-17-13-5-3-2-4-11(12)13/h2-8,17H,9H2,1H3. The summed E-state index contributed by atoms with van der Waals surface area (Å²) >= 11 is 1.36. The van der Waals surface area contributed by atoms with Crippen LogP contribution in [0.5, 0.6) is 0 Å². The SMILES string of the molecule is Cc1ccnc(SCC(=O)c2c[nH]c3ccccc23)n1. The summed E-state index contributed by atoms with van der Waals surface area (Å²) in [6.45, 7) is 1.91. The number of carbonyl (C=O) groups excluding carboxylic acids is 1. The maximum Gasteiger partial charge on any atom is 0.188 e. The minimum Gasteiger partial charge on any atom is -0.360 e. The number of nitrogens with zero attached hydrogens (tertiary/aromatic N) is 2. The number of aromatic nitrogens is 3. The molecular weight excluding hydrogens is 270 g/mol. The molecule has 0 fully saturated rings. The Bertz CT molecular complexity index is 766. The average molecular weight is 283 g/mol. The third-order valence-corrected chi connectivity index (χ3v) is 3.86. The van der Waals surface area contributed by atoms with Gasteiger partial charge in [-0.2, -0.15) is 0 Å². The van der Waals surface area contributed by atoms with Gasteiger partial charge in [0, 0.05) is 34.6 Å².